The molecule has 5 heteroatoms. The number of aliphatic hydroxyl groups excluding tert-OH is 1. The van der Waals surface area contributed by atoms with E-state index in [1.807, 2.05) is 27.7 Å². The van der Waals surface area contributed by atoms with Gasteiger partial charge in [0.1, 0.15) is 0 Å². The lowest BCUT2D eigenvalue weighted by molar-refractivity contribution is -0.129. The summed E-state index contributed by atoms with van der Waals surface area (Å²) in [6.45, 7) is 8.34. The summed E-state index contributed by atoms with van der Waals surface area (Å²) in [6, 6.07) is 6.51. The van der Waals surface area contributed by atoms with Crippen LogP contribution < -0.4 is 0 Å². The van der Waals surface area contributed by atoms with Crippen LogP contribution in [-0.4, -0.2) is 28.2 Å². The first kappa shape index (κ1) is 18.5. The highest BCUT2D eigenvalue weighted by Gasteiger charge is 2.43. The van der Waals surface area contributed by atoms with Crippen LogP contribution in [0.25, 0.3) is 0 Å². The van der Waals surface area contributed by atoms with Crippen molar-refractivity contribution in [3.8, 4) is 0 Å². The third kappa shape index (κ3) is 3.81. The quantitative estimate of drug-likeness (QED) is 0.832. The second-order valence-electron chi connectivity index (χ2n) is 7.09. The fourth-order valence-electron chi connectivity index (χ4n) is 2.99. The molecule has 0 aliphatic carbocycles. The Morgan fingerprint density at radius 1 is 1.17 bits per heavy atom. The number of hydrogen-bond donors (Lipinski definition) is 1. The van der Waals surface area contributed by atoms with Gasteiger partial charge in [0.25, 0.3) is 5.91 Å². The number of hydrogen-bond acceptors (Lipinski definition) is 3. The minimum Gasteiger partial charge on any atom is -0.503 e. The maximum absolute atomic E-state index is 12.7. The molecule has 4 nitrogen and oxygen atoms in total. The van der Waals surface area contributed by atoms with Crippen LogP contribution in [0.1, 0.15) is 45.7 Å². The van der Waals surface area contributed by atoms with Crippen molar-refractivity contribution in [1.82, 2.24) is 4.90 Å². The van der Waals surface area contributed by atoms with Gasteiger partial charge in [-0.05, 0) is 29.5 Å². The second kappa shape index (κ2) is 7.39. The molecule has 1 amide bonds. The van der Waals surface area contributed by atoms with E-state index in [1.54, 1.807) is 29.2 Å². The van der Waals surface area contributed by atoms with Gasteiger partial charge in [0, 0.05) is 18.0 Å². The lowest BCUT2D eigenvalue weighted by Crippen LogP contribution is -2.34. The molecule has 1 aliphatic heterocycles. The van der Waals surface area contributed by atoms with Crippen molar-refractivity contribution in [1.29, 1.82) is 0 Å². The van der Waals surface area contributed by atoms with Gasteiger partial charge in [-0.15, -0.1) is 0 Å². The molecule has 1 atom stereocenters. The zero-order chi connectivity index (χ0) is 18.0. The largest absolute Gasteiger partial charge is 0.503 e. The van der Waals surface area contributed by atoms with E-state index in [1.165, 1.54) is 0 Å². The number of halogens is 1. The molecule has 1 N–H and O–H groups in total. The number of Topliss-reactive ketones (excluding diaryl/α,β-unsaturated/α-hetero) is 1. The summed E-state index contributed by atoms with van der Waals surface area (Å²) < 4.78 is 0. The van der Waals surface area contributed by atoms with E-state index < -0.39 is 17.7 Å². The van der Waals surface area contributed by atoms with Crippen molar-refractivity contribution in [3.05, 3.63) is 46.2 Å². The summed E-state index contributed by atoms with van der Waals surface area (Å²) in [6.07, 6.45) is 0.298. The van der Waals surface area contributed by atoms with Crippen molar-refractivity contribution >= 4 is 23.3 Å². The van der Waals surface area contributed by atoms with E-state index >= 15 is 0 Å². The van der Waals surface area contributed by atoms with E-state index in [9.17, 15) is 14.7 Å². The van der Waals surface area contributed by atoms with Crippen molar-refractivity contribution in [2.24, 2.45) is 11.8 Å². The van der Waals surface area contributed by atoms with Crippen molar-refractivity contribution in [2.75, 3.05) is 6.54 Å². The van der Waals surface area contributed by atoms with Crippen molar-refractivity contribution in [2.45, 2.75) is 40.2 Å². The maximum Gasteiger partial charge on any atom is 0.290 e. The standard InChI is InChI=1S/C19H24ClNO3/c1-11(2)9-15(22)16-17(13-5-7-14(20)8-6-13)21(10-12(3)4)19(24)18(16)23/h5-8,11-12,17,23H,9-10H2,1-4H3. The monoisotopic (exact) mass is 349 g/mol. The highest BCUT2D eigenvalue weighted by molar-refractivity contribution is 6.30. The zero-order valence-electron chi connectivity index (χ0n) is 14.5. The Morgan fingerprint density at radius 3 is 2.25 bits per heavy atom. The van der Waals surface area contributed by atoms with Gasteiger partial charge < -0.3 is 10.0 Å². The number of amides is 1. The summed E-state index contributed by atoms with van der Waals surface area (Å²) >= 11 is 5.96. The third-order valence-electron chi connectivity index (χ3n) is 3.95. The fraction of sp³-hybridized carbons (Fsp3) is 0.474. The number of benzene rings is 1. The molecule has 0 spiro atoms. The van der Waals surface area contributed by atoms with E-state index in [2.05, 4.69) is 0 Å². The summed E-state index contributed by atoms with van der Waals surface area (Å²) in [4.78, 5) is 26.8. The Bertz CT molecular complexity index is 662. The van der Waals surface area contributed by atoms with Crippen molar-refractivity contribution < 1.29 is 14.7 Å². The Hall–Kier alpha value is -1.81. The van der Waals surface area contributed by atoms with Crippen LogP contribution in [0.4, 0.5) is 0 Å². The first-order valence-corrected chi connectivity index (χ1v) is 8.63. The molecule has 0 fully saturated rings. The Labute approximate surface area is 148 Å². The SMILES string of the molecule is CC(C)CC(=O)C1=C(O)C(=O)N(CC(C)C)C1c1ccc(Cl)cc1. The van der Waals surface area contributed by atoms with Gasteiger partial charge in [0.15, 0.2) is 11.5 Å². The Morgan fingerprint density at radius 2 is 1.75 bits per heavy atom. The molecule has 1 heterocycles. The van der Waals surface area contributed by atoms with Crippen LogP contribution >= 0.6 is 11.6 Å². The molecule has 24 heavy (non-hydrogen) atoms. The van der Waals surface area contributed by atoms with Gasteiger partial charge in [0.05, 0.1) is 11.6 Å². The second-order valence-corrected chi connectivity index (χ2v) is 7.53. The molecule has 0 radical (unpaired) electrons. The van der Waals surface area contributed by atoms with E-state index in [0.29, 0.717) is 18.0 Å². The van der Waals surface area contributed by atoms with Gasteiger partial charge in [-0.3, -0.25) is 9.59 Å². The van der Waals surface area contributed by atoms with Crippen molar-refractivity contribution in [3.63, 3.8) is 0 Å². The van der Waals surface area contributed by atoms with E-state index in [0.717, 1.165) is 5.56 Å². The van der Waals surface area contributed by atoms with Crippen LogP contribution in [0.5, 0.6) is 0 Å². The lowest BCUT2D eigenvalue weighted by Gasteiger charge is -2.28. The highest BCUT2D eigenvalue weighted by atomic mass is 35.5. The molecular weight excluding hydrogens is 326 g/mol. The number of carbonyl (C=O) groups is 2. The van der Waals surface area contributed by atoms with Gasteiger partial charge in [-0.2, -0.15) is 0 Å². The topological polar surface area (TPSA) is 57.6 Å². The number of rotatable bonds is 6. The first-order valence-electron chi connectivity index (χ1n) is 8.25. The third-order valence-corrected chi connectivity index (χ3v) is 4.20. The Balaban J connectivity index is 2.49. The average Bonchev–Trinajstić information content (AvgIpc) is 2.72. The van der Waals surface area contributed by atoms with Gasteiger partial charge in [0.2, 0.25) is 0 Å². The summed E-state index contributed by atoms with van der Waals surface area (Å²) in [5.74, 6) is -0.701. The number of nitrogens with zero attached hydrogens (tertiary/aromatic N) is 1. The predicted molar refractivity (Wildman–Crippen MR) is 94.9 cm³/mol. The van der Waals surface area contributed by atoms with Crippen LogP contribution in [0.3, 0.4) is 0 Å². The maximum atomic E-state index is 12.7. The van der Waals surface area contributed by atoms with E-state index in [-0.39, 0.29) is 23.2 Å². The van der Waals surface area contributed by atoms with Crippen LogP contribution in [0, 0.1) is 11.8 Å². The van der Waals surface area contributed by atoms with Crippen LogP contribution in [0.15, 0.2) is 35.6 Å². The molecule has 0 aromatic heterocycles. The number of carbonyl (C=O) groups excluding carboxylic acids is 2. The summed E-state index contributed by atoms with van der Waals surface area (Å²) in [5, 5.41) is 10.9. The van der Waals surface area contributed by atoms with Crippen LogP contribution in [-0.2, 0) is 9.59 Å². The summed E-state index contributed by atoms with van der Waals surface area (Å²) in [7, 11) is 0. The average molecular weight is 350 g/mol. The van der Waals surface area contributed by atoms with Gasteiger partial charge >= 0.3 is 0 Å². The Kier molecular flexibility index (Phi) is 5.70. The summed E-state index contributed by atoms with van der Waals surface area (Å²) in [5.41, 5.74) is 0.987. The number of aliphatic hydroxyl groups is 1. The molecule has 1 aromatic rings. The molecule has 130 valence electrons. The minimum absolute atomic E-state index is 0.151. The fourth-order valence-corrected chi connectivity index (χ4v) is 3.12. The minimum atomic E-state index is -0.552. The zero-order valence-corrected chi connectivity index (χ0v) is 15.3. The lowest BCUT2D eigenvalue weighted by atomic mass is 9.92. The molecular formula is C19H24ClNO3. The van der Waals surface area contributed by atoms with Gasteiger partial charge in [-0.25, -0.2) is 0 Å². The molecule has 0 saturated carbocycles. The molecule has 0 bridgehead atoms. The predicted octanol–water partition coefficient (Wildman–Crippen LogP) is 4.31. The smallest absolute Gasteiger partial charge is 0.290 e. The number of ketones is 1. The molecule has 1 aliphatic rings. The molecule has 2 rings (SSSR count). The van der Waals surface area contributed by atoms with Crippen LogP contribution in [0.2, 0.25) is 5.02 Å². The first-order chi connectivity index (χ1) is 11.2. The highest BCUT2D eigenvalue weighted by Crippen LogP contribution is 2.39. The molecule has 1 unspecified atom stereocenters. The molecule has 0 saturated heterocycles. The normalized spacial score (nSPS) is 18.2. The molecule has 1 aromatic carbocycles. The van der Waals surface area contributed by atoms with Gasteiger partial charge in [-0.1, -0.05) is 51.4 Å². The van der Waals surface area contributed by atoms with E-state index in [4.69, 9.17) is 11.6 Å².